The second-order valence-corrected chi connectivity index (χ2v) is 7.79. The van der Waals surface area contributed by atoms with Crippen molar-refractivity contribution in [1.29, 1.82) is 0 Å². The van der Waals surface area contributed by atoms with Crippen molar-refractivity contribution in [2.75, 3.05) is 27.4 Å². The van der Waals surface area contributed by atoms with E-state index in [1.165, 1.54) is 14.3 Å². The summed E-state index contributed by atoms with van der Waals surface area (Å²) in [6.07, 6.45) is -1.65. The Bertz CT molecular complexity index is 483. The summed E-state index contributed by atoms with van der Waals surface area (Å²) in [5.74, 6) is -0.0107. The maximum atomic E-state index is 10.4. The summed E-state index contributed by atoms with van der Waals surface area (Å²) in [5.41, 5.74) is 0. The number of hydrogen-bond donors (Lipinski definition) is 2. The second kappa shape index (κ2) is 11.3. The third-order valence-electron chi connectivity index (χ3n) is 4.70. The van der Waals surface area contributed by atoms with E-state index in [4.69, 9.17) is 39.4 Å². The SMILES string of the molecule is [B][B][C@@H]1O[C@H](COP(=O)([O-])O)[C@H](OC)C1C.[B][C@@H]1O[C@H](COC)[C@H](O)C1C. The summed E-state index contributed by atoms with van der Waals surface area (Å²) in [6, 6.07) is -0.673. The molecule has 0 bridgehead atoms. The van der Waals surface area contributed by atoms with Gasteiger partial charge in [0.25, 0.3) is 7.82 Å². The van der Waals surface area contributed by atoms with Crippen LogP contribution in [-0.4, -0.2) is 96.6 Å². The van der Waals surface area contributed by atoms with Crippen LogP contribution in [0.3, 0.4) is 0 Å². The highest BCUT2D eigenvalue weighted by atomic mass is 31.2. The summed E-state index contributed by atoms with van der Waals surface area (Å²) in [5, 5.41) is 9.47. The quantitative estimate of drug-likeness (QED) is 0.373. The second-order valence-electron chi connectivity index (χ2n) is 6.60. The van der Waals surface area contributed by atoms with Crippen LogP contribution in [0.25, 0.3) is 0 Å². The molecular weight excluding hydrogens is 376 g/mol. The van der Waals surface area contributed by atoms with E-state index in [9.17, 15) is 14.6 Å². The number of hydrogen-bond acceptors (Lipinski definition) is 8. The van der Waals surface area contributed by atoms with Gasteiger partial charge >= 0.3 is 0 Å². The lowest BCUT2D eigenvalue weighted by Crippen LogP contribution is -2.32. The molecule has 2 rings (SSSR count). The van der Waals surface area contributed by atoms with Crippen LogP contribution in [0, 0.1) is 11.8 Å². The molecule has 13 heteroatoms. The molecule has 151 valence electrons. The number of methoxy groups -OCH3 is 2. The zero-order valence-corrected chi connectivity index (χ0v) is 16.9. The Balaban J connectivity index is 0.000000289. The molecule has 2 aliphatic rings. The van der Waals surface area contributed by atoms with Crippen molar-refractivity contribution in [3.63, 3.8) is 0 Å². The summed E-state index contributed by atoms with van der Waals surface area (Å²) in [6.45, 7) is 3.85. The summed E-state index contributed by atoms with van der Waals surface area (Å²) >= 11 is 0. The van der Waals surface area contributed by atoms with Gasteiger partial charge in [-0.3, -0.25) is 4.57 Å². The van der Waals surface area contributed by atoms with Crippen molar-refractivity contribution >= 4 is 30.6 Å². The molecule has 2 N–H and O–H groups in total. The van der Waals surface area contributed by atoms with Gasteiger partial charge in [-0.05, 0) is 0 Å². The van der Waals surface area contributed by atoms with E-state index in [2.05, 4.69) is 4.52 Å². The number of phosphoric ester groups is 1. The fraction of sp³-hybridized carbons (Fsp3) is 1.00. The molecule has 0 aromatic heterocycles. The molecule has 9 atom stereocenters. The molecular formula is C14H26B3O9P-. The highest BCUT2D eigenvalue weighted by Gasteiger charge is 2.41. The van der Waals surface area contributed by atoms with Gasteiger partial charge in [0.15, 0.2) is 0 Å². The Labute approximate surface area is 163 Å². The van der Waals surface area contributed by atoms with E-state index in [-0.39, 0.29) is 42.7 Å². The first kappa shape index (κ1) is 25.1. The van der Waals surface area contributed by atoms with Crippen molar-refractivity contribution in [2.45, 2.75) is 50.3 Å². The van der Waals surface area contributed by atoms with Crippen LogP contribution in [0.2, 0.25) is 0 Å². The average Bonchev–Trinajstić information content (AvgIpc) is 3.04. The van der Waals surface area contributed by atoms with Gasteiger partial charge in [0.05, 0.1) is 32.6 Å². The number of ether oxygens (including phenoxy) is 4. The first-order valence-corrected chi connectivity index (χ1v) is 10.0. The third kappa shape index (κ3) is 7.46. The standard InChI is InChI=1S/C7H14B2O6P.C7H13BO3/c1-4-6(13-2)5(15-7(4)9-8)3-14-16(10,11)12;1-4-6(9)5(3-10-2)11-7(4)8/h4-7H,3H2,1-2H3,(H2,10,11,12);4-7,9H,3H2,1-2H3/p-1/t2*4?,5-,6-,7-/m11/s1. The van der Waals surface area contributed by atoms with Gasteiger partial charge < -0.3 is 38.4 Å². The van der Waals surface area contributed by atoms with E-state index in [0.717, 1.165) is 0 Å². The highest BCUT2D eigenvalue weighted by Crippen LogP contribution is 2.34. The van der Waals surface area contributed by atoms with Crippen molar-refractivity contribution < 1.29 is 42.9 Å². The van der Waals surface area contributed by atoms with Crippen molar-refractivity contribution in [3.8, 4) is 0 Å². The number of phosphoric acid groups is 1. The Hall–Kier alpha value is 0.105. The first-order valence-electron chi connectivity index (χ1n) is 8.55. The average molecular weight is 402 g/mol. The molecule has 2 saturated heterocycles. The predicted molar refractivity (Wildman–Crippen MR) is 97.4 cm³/mol. The minimum absolute atomic E-state index is 0.00449. The molecule has 0 amide bonds. The van der Waals surface area contributed by atoms with Crippen LogP contribution in [0.5, 0.6) is 0 Å². The first-order chi connectivity index (χ1) is 12.6. The molecule has 0 spiro atoms. The summed E-state index contributed by atoms with van der Waals surface area (Å²) < 4.78 is 35.4. The molecule has 2 fully saturated rings. The molecule has 3 unspecified atom stereocenters. The summed E-state index contributed by atoms with van der Waals surface area (Å²) in [4.78, 5) is 18.9. The molecule has 0 aromatic carbocycles. The predicted octanol–water partition coefficient (Wildman–Crippen LogP) is -1.85. The molecule has 27 heavy (non-hydrogen) atoms. The third-order valence-corrected chi connectivity index (χ3v) is 5.17. The van der Waals surface area contributed by atoms with Crippen molar-refractivity contribution in [3.05, 3.63) is 0 Å². The Kier molecular flexibility index (Phi) is 10.6. The Morgan fingerprint density at radius 2 is 1.81 bits per heavy atom. The lowest BCUT2D eigenvalue weighted by atomic mass is 9.49. The molecule has 0 aliphatic carbocycles. The van der Waals surface area contributed by atoms with Crippen LogP contribution in [0.4, 0.5) is 0 Å². The van der Waals surface area contributed by atoms with Gasteiger partial charge in [-0.1, -0.05) is 13.8 Å². The number of aliphatic hydroxyl groups is 1. The number of rotatable bonds is 7. The van der Waals surface area contributed by atoms with Crippen LogP contribution in [-0.2, 0) is 28.0 Å². The highest BCUT2D eigenvalue weighted by molar-refractivity contribution is 7.44. The maximum Gasteiger partial charge on any atom is 0.265 e. The monoisotopic (exact) mass is 402 g/mol. The van der Waals surface area contributed by atoms with E-state index < -0.39 is 20.0 Å². The van der Waals surface area contributed by atoms with Crippen LogP contribution in [0.1, 0.15) is 13.8 Å². The van der Waals surface area contributed by atoms with E-state index in [0.29, 0.717) is 6.61 Å². The largest absolute Gasteiger partial charge is 0.756 e. The fourth-order valence-corrected chi connectivity index (χ4v) is 3.39. The minimum Gasteiger partial charge on any atom is -0.756 e. The molecule has 9 nitrogen and oxygen atoms in total. The molecule has 0 aromatic rings. The molecule has 0 saturated carbocycles. The molecule has 2 heterocycles. The van der Waals surface area contributed by atoms with E-state index in [1.807, 2.05) is 13.8 Å². The van der Waals surface area contributed by atoms with Gasteiger partial charge in [-0.25, -0.2) is 0 Å². The topological polar surface area (TPSA) is 127 Å². The zero-order valence-electron chi connectivity index (χ0n) is 16.0. The molecule has 2 aliphatic heterocycles. The Morgan fingerprint density at radius 1 is 1.19 bits per heavy atom. The van der Waals surface area contributed by atoms with Gasteiger partial charge in [-0.15, -0.1) is 0 Å². The van der Waals surface area contributed by atoms with Gasteiger partial charge in [0.2, 0.25) is 0 Å². The van der Waals surface area contributed by atoms with Gasteiger partial charge in [0, 0.05) is 45.8 Å². The summed E-state index contributed by atoms with van der Waals surface area (Å²) in [7, 11) is 10.6. The van der Waals surface area contributed by atoms with Crippen molar-refractivity contribution in [2.24, 2.45) is 11.8 Å². The lowest BCUT2D eigenvalue weighted by Gasteiger charge is -2.22. The maximum absolute atomic E-state index is 10.4. The normalized spacial score (nSPS) is 40.9. The van der Waals surface area contributed by atoms with E-state index in [1.54, 1.807) is 7.11 Å². The zero-order chi connectivity index (χ0) is 20.8. The number of aliphatic hydroxyl groups excluding tert-OH is 1. The van der Waals surface area contributed by atoms with Crippen LogP contribution >= 0.6 is 7.82 Å². The fourth-order valence-electron chi connectivity index (χ4n) is 3.06. The lowest BCUT2D eigenvalue weighted by molar-refractivity contribution is -0.222. The van der Waals surface area contributed by atoms with Gasteiger partial charge in [0.1, 0.15) is 20.1 Å². The van der Waals surface area contributed by atoms with Crippen molar-refractivity contribution in [1.82, 2.24) is 0 Å². The molecule has 5 radical (unpaired) electrons. The van der Waals surface area contributed by atoms with Gasteiger partial charge in [-0.2, -0.15) is 0 Å². The van der Waals surface area contributed by atoms with Crippen LogP contribution < -0.4 is 4.89 Å². The van der Waals surface area contributed by atoms with Crippen LogP contribution in [0.15, 0.2) is 0 Å². The van der Waals surface area contributed by atoms with E-state index >= 15 is 0 Å². The smallest absolute Gasteiger partial charge is 0.265 e. The Morgan fingerprint density at radius 3 is 2.22 bits per heavy atom. The minimum atomic E-state index is -4.73.